The number of nitrogens with zero attached hydrogens (tertiary/aromatic N) is 4. The van der Waals surface area contributed by atoms with Crippen molar-refractivity contribution in [3.8, 4) is 0 Å². The third kappa shape index (κ3) is 4.45. The first-order valence-corrected chi connectivity index (χ1v) is 8.84. The van der Waals surface area contributed by atoms with Crippen LogP contribution in [0.4, 0.5) is 4.79 Å². The van der Waals surface area contributed by atoms with Crippen molar-refractivity contribution in [3.05, 3.63) is 36.7 Å². The van der Waals surface area contributed by atoms with E-state index in [1.807, 2.05) is 0 Å². The maximum atomic E-state index is 12.9. The van der Waals surface area contributed by atoms with Gasteiger partial charge in [-0.15, -0.1) is 12.4 Å². The second kappa shape index (κ2) is 8.61. The number of ether oxygens (including phenoxy) is 1. The quantitative estimate of drug-likeness (QED) is 0.753. The van der Waals surface area contributed by atoms with Crippen molar-refractivity contribution in [1.29, 1.82) is 0 Å². The predicted octanol–water partition coefficient (Wildman–Crippen LogP) is 1.19. The molecule has 10 nitrogen and oxygen atoms in total. The van der Waals surface area contributed by atoms with E-state index in [9.17, 15) is 9.59 Å². The highest BCUT2D eigenvalue weighted by molar-refractivity contribution is 5.85. The lowest BCUT2D eigenvalue weighted by molar-refractivity contribution is -0.133. The van der Waals surface area contributed by atoms with E-state index in [0.29, 0.717) is 17.9 Å². The van der Waals surface area contributed by atoms with Crippen LogP contribution in [0.1, 0.15) is 24.2 Å². The molecular formula is C17H22ClN5O5. The molecule has 11 heteroatoms. The summed E-state index contributed by atoms with van der Waals surface area (Å²) in [5.41, 5.74) is 0.752. The van der Waals surface area contributed by atoms with Gasteiger partial charge < -0.3 is 23.8 Å². The average molecular weight is 412 g/mol. The molecule has 2 amide bonds. The molecule has 1 spiro atoms. The van der Waals surface area contributed by atoms with Gasteiger partial charge in [0.15, 0.2) is 12.8 Å². The highest BCUT2D eigenvalue weighted by Gasteiger charge is 2.46. The summed E-state index contributed by atoms with van der Waals surface area (Å²) in [5, 5.41) is 3.26. The highest BCUT2D eigenvalue weighted by atomic mass is 35.5. The Balaban J connectivity index is 0.00000225. The summed E-state index contributed by atoms with van der Waals surface area (Å²) in [6.07, 6.45) is 6.66. The van der Waals surface area contributed by atoms with Crippen LogP contribution in [0.15, 0.2) is 34.1 Å². The number of halogens is 1. The van der Waals surface area contributed by atoms with E-state index in [2.05, 4.69) is 15.3 Å². The van der Waals surface area contributed by atoms with E-state index in [1.165, 1.54) is 30.2 Å². The SMILES string of the molecule is Cl.O=C(CN1CC2(CCNCC2)OC1=O)N(Cc1cocn1)Cc1cocn1. The third-order valence-electron chi connectivity index (χ3n) is 4.91. The molecule has 2 aliphatic rings. The summed E-state index contributed by atoms with van der Waals surface area (Å²) in [7, 11) is 0. The van der Waals surface area contributed by atoms with Gasteiger partial charge in [-0.05, 0) is 13.1 Å². The zero-order valence-corrected chi connectivity index (χ0v) is 16.0. The lowest BCUT2D eigenvalue weighted by Gasteiger charge is -2.31. The van der Waals surface area contributed by atoms with Gasteiger partial charge in [-0.1, -0.05) is 0 Å². The fourth-order valence-corrected chi connectivity index (χ4v) is 3.48. The molecule has 2 aromatic rings. The van der Waals surface area contributed by atoms with Gasteiger partial charge >= 0.3 is 6.09 Å². The molecule has 2 saturated heterocycles. The number of hydrogen-bond acceptors (Lipinski definition) is 8. The zero-order valence-electron chi connectivity index (χ0n) is 15.2. The van der Waals surface area contributed by atoms with Gasteiger partial charge in [0.25, 0.3) is 0 Å². The minimum Gasteiger partial charge on any atom is -0.451 e. The van der Waals surface area contributed by atoms with Crippen molar-refractivity contribution in [2.75, 3.05) is 26.2 Å². The summed E-state index contributed by atoms with van der Waals surface area (Å²) < 4.78 is 15.6. The molecular weight excluding hydrogens is 390 g/mol. The Hall–Kier alpha value is -2.59. The molecule has 2 aliphatic heterocycles. The normalized spacial score (nSPS) is 18.0. The van der Waals surface area contributed by atoms with Gasteiger partial charge in [-0.2, -0.15) is 0 Å². The maximum absolute atomic E-state index is 12.9. The second-order valence-electron chi connectivity index (χ2n) is 6.87. The second-order valence-corrected chi connectivity index (χ2v) is 6.87. The van der Waals surface area contributed by atoms with E-state index in [4.69, 9.17) is 13.6 Å². The molecule has 0 atom stereocenters. The van der Waals surface area contributed by atoms with Crippen LogP contribution >= 0.6 is 12.4 Å². The number of nitrogens with one attached hydrogen (secondary N) is 1. The molecule has 0 unspecified atom stereocenters. The largest absolute Gasteiger partial charge is 0.451 e. The minimum absolute atomic E-state index is 0. The number of aromatic nitrogens is 2. The third-order valence-corrected chi connectivity index (χ3v) is 4.91. The fraction of sp³-hybridized carbons (Fsp3) is 0.529. The average Bonchev–Trinajstić information content (AvgIpc) is 3.39. The van der Waals surface area contributed by atoms with Crippen LogP contribution in [0, 0.1) is 0 Å². The van der Waals surface area contributed by atoms with Gasteiger partial charge in [0.05, 0.1) is 31.0 Å². The Labute approximate surface area is 167 Å². The predicted molar refractivity (Wildman–Crippen MR) is 97.4 cm³/mol. The van der Waals surface area contributed by atoms with E-state index in [0.717, 1.165) is 25.9 Å². The van der Waals surface area contributed by atoms with E-state index in [-0.39, 0.29) is 37.9 Å². The van der Waals surface area contributed by atoms with Crippen molar-refractivity contribution in [3.63, 3.8) is 0 Å². The molecule has 152 valence electrons. The highest BCUT2D eigenvalue weighted by Crippen LogP contribution is 2.31. The Morgan fingerprint density at radius 3 is 2.29 bits per heavy atom. The van der Waals surface area contributed by atoms with Crippen LogP contribution in [-0.4, -0.2) is 63.5 Å². The van der Waals surface area contributed by atoms with Crippen LogP contribution < -0.4 is 5.32 Å². The number of oxazole rings is 2. The van der Waals surface area contributed by atoms with Crippen molar-refractivity contribution in [2.24, 2.45) is 0 Å². The summed E-state index contributed by atoms with van der Waals surface area (Å²) in [5.74, 6) is -0.219. The number of piperidine rings is 1. The monoisotopic (exact) mass is 411 g/mol. The van der Waals surface area contributed by atoms with Crippen LogP contribution in [-0.2, 0) is 22.6 Å². The van der Waals surface area contributed by atoms with Gasteiger partial charge in [0, 0.05) is 12.8 Å². The van der Waals surface area contributed by atoms with Gasteiger partial charge in [0.2, 0.25) is 5.91 Å². The van der Waals surface area contributed by atoms with Crippen molar-refractivity contribution < 1.29 is 23.2 Å². The number of rotatable bonds is 6. The molecule has 1 N–H and O–H groups in total. The Kier molecular flexibility index (Phi) is 6.20. The summed E-state index contributed by atoms with van der Waals surface area (Å²) in [6.45, 7) is 2.49. The molecule has 28 heavy (non-hydrogen) atoms. The molecule has 2 aromatic heterocycles. The standard InChI is InChI=1S/C17H21N5O5.ClH/c23-15(7-22-10-17(27-16(22)24)1-3-18-4-2-17)21(5-13-8-25-11-19-13)6-14-9-26-12-20-14;/h8-9,11-12,18H,1-7,10H2;1H. The number of carbonyl (C=O) groups excluding carboxylic acids is 2. The molecule has 0 aliphatic carbocycles. The summed E-state index contributed by atoms with van der Waals surface area (Å²) in [4.78, 5) is 36.4. The summed E-state index contributed by atoms with van der Waals surface area (Å²) >= 11 is 0. The molecule has 0 radical (unpaired) electrons. The molecule has 0 bridgehead atoms. The van der Waals surface area contributed by atoms with Gasteiger partial charge in [-0.3, -0.25) is 9.69 Å². The fourth-order valence-electron chi connectivity index (χ4n) is 3.48. The van der Waals surface area contributed by atoms with Crippen LogP contribution in [0.5, 0.6) is 0 Å². The zero-order chi connectivity index (χ0) is 18.7. The molecule has 4 heterocycles. The van der Waals surface area contributed by atoms with E-state index < -0.39 is 11.7 Å². The van der Waals surface area contributed by atoms with Crippen LogP contribution in [0.2, 0.25) is 0 Å². The minimum atomic E-state index is -0.480. The Bertz CT molecular complexity index is 740. The van der Waals surface area contributed by atoms with Crippen LogP contribution in [0.25, 0.3) is 0 Å². The van der Waals surface area contributed by atoms with Crippen molar-refractivity contribution >= 4 is 24.4 Å². The van der Waals surface area contributed by atoms with Crippen LogP contribution in [0.3, 0.4) is 0 Å². The first-order chi connectivity index (χ1) is 13.1. The molecule has 0 aromatic carbocycles. The molecule has 4 rings (SSSR count). The van der Waals surface area contributed by atoms with Crippen molar-refractivity contribution in [2.45, 2.75) is 31.5 Å². The van der Waals surface area contributed by atoms with E-state index in [1.54, 1.807) is 4.90 Å². The first kappa shape index (κ1) is 20.2. The van der Waals surface area contributed by atoms with E-state index >= 15 is 0 Å². The molecule has 2 fully saturated rings. The topological polar surface area (TPSA) is 114 Å². The smallest absolute Gasteiger partial charge is 0.410 e. The number of amides is 2. The lowest BCUT2D eigenvalue weighted by Crippen LogP contribution is -2.46. The Morgan fingerprint density at radius 2 is 1.75 bits per heavy atom. The lowest BCUT2D eigenvalue weighted by atomic mass is 9.92. The molecule has 0 saturated carbocycles. The maximum Gasteiger partial charge on any atom is 0.410 e. The van der Waals surface area contributed by atoms with Crippen molar-refractivity contribution in [1.82, 2.24) is 25.1 Å². The number of carbonyl (C=O) groups is 2. The van der Waals surface area contributed by atoms with Gasteiger partial charge in [0.1, 0.15) is 24.7 Å². The summed E-state index contributed by atoms with van der Waals surface area (Å²) in [6, 6.07) is 0. The first-order valence-electron chi connectivity index (χ1n) is 8.84. The van der Waals surface area contributed by atoms with Gasteiger partial charge in [-0.25, -0.2) is 14.8 Å². The Morgan fingerprint density at radius 1 is 1.14 bits per heavy atom. The number of hydrogen-bond donors (Lipinski definition) is 1.